The molecule has 0 amide bonds. The second-order valence-electron chi connectivity index (χ2n) is 17.5. The van der Waals surface area contributed by atoms with E-state index in [0.29, 0.717) is 19.3 Å². The molecule has 0 spiro atoms. The Morgan fingerprint density at radius 3 is 1.00 bits per heavy atom. The van der Waals surface area contributed by atoms with Crippen LogP contribution in [0.25, 0.3) is 0 Å². The maximum Gasteiger partial charge on any atom is 0.306 e. The van der Waals surface area contributed by atoms with E-state index < -0.39 is 6.10 Å². The molecule has 1 atom stereocenters. The Morgan fingerprint density at radius 1 is 0.350 bits per heavy atom. The van der Waals surface area contributed by atoms with Gasteiger partial charge in [-0.3, -0.25) is 14.4 Å². The molecule has 0 bridgehead atoms. The lowest BCUT2D eigenvalue weighted by Crippen LogP contribution is -2.30. The topological polar surface area (TPSA) is 78.9 Å². The third-order valence-electron chi connectivity index (χ3n) is 11.5. The summed E-state index contributed by atoms with van der Waals surface area (Å²) in [4.78, 5) is 38.0. The Balaban J connectivity index is 4.36. The van der Waals surface area contributed by atoms with E-state index in [0.717, 1.165) is 70.6 Å². The average Bonchev–Trinajstić information content (AvgIpc) is 3.24. The molecule has 0 aromatic heterocycles. The summed E-state index contributed by atoms with van der Waals surface area (Å²) in [6.07, 6.45) is 56.9. The molecular formula is C54H98O6. The van der Waals surface area contributed by atoms with Gasteiger partial charge in [0.05, 0.1) is 0 Å². The highest BCUT2D eigenvalue weighted by Gasteiger charge is 2.19. The Labute approximate surface area is 372 Å². The maximum atomic E-state index is 12.8. The fraction of sp³-hybridized carbons (Fsp3) is 0.833. The lowest BCUT2D eigenvalue weighted by molar-refractivity contribution is -0.167. The third kappa shape index (κ3) is 46.7. The maximum absolute atomic E-state index is 12.8. The first-order valence-corrected chi connectivity index (χ1v) is 26.0. The molecular weight excluding hydrogens is 745 g/mol. The molecule has 0 aromatic carbocycles. The SMILES string of the molecule is CC\C=C/C=C\C=C/CCCCCCCCCC(=O)OCC(COC(=O)CCCCCCCCCCCCCCC)OC(=O)CCCCCCCCCCCCCCCC. The molecule has 0 rings (SSSR count). The van der Waals surface area contributed by atoms with Gasteiger partial charge in [0.25, 0.3) is 0 Å². The second-order valence-corrected chi connectivity index (χ2v) is 17.5. The molecule has 0 fully saturated rings. The van der Waals surface area contributed by atoms with Crippen LogP contribution in [0.4, 0.5) is 0 Å². The quantitative estimate of drug-likeness (QED) is 0.0263. The molecule has 0 N–H and O–H groups in total. The molecule has 60 heavy (non-hydrogen) atoms. The zero-order valence-corrected chi connectivity index (χ0v) is 40.0. The minimum atomic E-state index is -0.771. The van der Waals surface area contributed by atoms with Crippen LogP contribution in [-0.4, -0.2) is 37.2 Å². The average molecular weight is 843 g/mol. The van der Waals surface area contributed by atoms with Crippen LogP contribution in [0, 0.1) is 0 Å². The molecule has 0 saturated heterocycles. The molecule has 6 heteroatoms. The monoisotopic (exact) mass is 843 g/mol. The van der Waals surface area contributed by atoms with Crippen LogP contribution < -0.4 is 0 Å². The molecule has 0 radical (unpaired) electrons. The highest BCUT2D eigenvalue weighted by Crippen LogP contribution is 2.16. The van der Waals surface area contributed by atoms with E-state index in [9.17, 15) is 14.4 Å². The first-order chi connectivity index (χ1) is 29.5. The van der Waals surface area contributed by atoms with Crippen molar-refractivity contribution in [2.75, 3.05) is 13.2 Å². The fourth-order valence-electron chi connectivity index (χ4n) is 7.56. The van der Waals surface area contributed by atoms with E-state index >= 15 is 0 Å². The second kappa shape index (κ2) is 49.3. The largest absolute Gasteiger partial charge is 0.462 e. The number of hydrogen-bond acceptors (Lipinski definition) is 6. The van der Waals surface area contributed by atoms with Crippen LogP contribution in [-0.2, 0) is 28.6 Å². The summed E-state index contributed by atoms with van der Waals surface area (Å²) in [6, 6.07) is 0. The summed E-state index contributed by atoms with van der Waals surface area (Å²) in [5.74, 6) is -0.871. The Morgan fingerprint density at radius 2 is 0.650 bits per heavy atom. The summed E-state index contributed by atoms with van der Waals surface area (Å²) in [5.41, 5.74) is 0. The smallest absolute Gasteiger partial charge is 0.306 e. The van der Waals surface area contributed by atoms with Gasteiger partial charge < -0.3 is 14.2 Å². The lowest BCUT2D eigenvalue weighted by Gasteiger charge is -2.18. The van der Waals surface area contributed by atoms with Crippen LogP contribution in [0.15, 0.2) is 36.5 Å². The van der Waals surface area contributed by atoms with Gasteiger partial charge in [0.15, 0.2) is 6.10 Å². The van der Waals surface area contributed by atoms with Crippen molar-refractivity contribution in [2.45, 2.75) is 277 Å². The van der Waals surface area contributed by atoms with Crippen molar-refractivity contribution in [3.05, 3.63) is 36.5 Å². The highest BCUT2D eigenvalue weighted by molar-refractivity contribution is 5.71. The molecule has 0 heterocycles. The molecule has 1 unspecified atom stereocenters. The Hall–Kier alpha value is -2.37. The summed E-state index contributed by atoms with van der Waals surface area (Å²) >= 11 is 0. The third-order valence-corrected chi connectivity index (χ3v) is 11.5. The normalized spacial score (nSPS) is 12.2. The van der Waals surface area contributed by atoms with Gasteiger partial charge in [0, 0.05) is 19.3 Å². The van der Waals surface area contributed by atoms with Crippen LogP contribution >= 0.6 is 0 Å². The summed E-state index contributed by atoms with van der Waals surface area (Å²) < 4.78 is 16.8. The van der Waals surface area contributed by atoms with Gasteiger partial charge in [-0.25, -0.2) is 0 Å². The highest BCUT2D eigenvalue weighted by atomic mass is 16.6. The van der Waals surface area contributed by atoms with Crippen molar-refractivity contribution in [2.24, 2.45) is 0 Å². The number of unbranched alkanes of at least 4 members (excludes halogenated alkanes) is 32. The van der Waals surface area contributed by atoms with Crippen molar-refractivity contribution >= 4 is 17.9 Å². The molecule has 0 aromatic rings. The first kappa shape index (κ1) is 57.6. The Bertz CT molecular complexity index is 1020. The molecule has 0 aliphatic rings. The molecule has 0 saturated carbocycles. The Kier molecular flexibility index (Phi) is 47.3. The first-order valence-electron chi connectivity index (χ1n) is 26.0. The zero-order valence-electron chi connectivity index (χ0n) is 40.0. The van der Waals surface area contributed by atoms with Gasteiger partial charge in [0.1, 0.15) is 13.2 Å². The van der Waals surface area contributed by atoms with Crippen LogP contribution in [0.2, 0.25) is 0 Å². The number of esters is 3. The van der Waals surface area contributed by atoms with E-state index in [2.05, 4.69) is 57.2 Å². The zero-order chi connectivity index (χ0) is 43.7. The van der Waals surface area contributed by atoms with Gasteiger partial charge in [-0.15, -0.1) is 0 Å². The predicted octanol–water partition coefficient (Wildman–Crippen LogP) is 16.9. The van der Waals surface area contributed by atoms with E-state index in [4.69, 9.17) is 14.2 Å². The fourth-order valence-corrected chi connectivity index (χ4v) is 7.56. The number of carbonyl (C=O) groups is 3. The minimum absolute atomic E-state index is 0.0716. The van der Waals surface area contributed by atoms with Crippen molar-refractivity contribution < 1.29 is 28.6 Å². The van der Waals surface area contributed by atoms with Crippen molar-refractivity contribution in [1.82, 2.24) is 0 Å². The van der Waals surface area contributed by atoms with Gasteiger partial charge in [-0.05, 0) is 38.5 Å². The molecule has 0 aliphatic heterocycles. The van der Waals surface area contributed by atoms with Gasteiger partial charge in [0.2, 0.25) is 0 Å². The summed E-state index contributed by atoms with van der Waals surface area (Å²) in [5, 5.41) is 0. The minimum Gasteiger partial charge on any atom is -0.462 e. The number of carbonyl (C=O) groups excluding carboxylic acids is 3. The molecule has 350 valence electrons. The van der Waals surface area contributed by atoms with Crippen LogP contribution in [0.5, 0.6) is 0 Å². The number of allylic oxidation sites excluding steroid dienone is 6. The number of rotatable bonds is 47. The van der Waals surface area contributed by atoms with E-state index in [1.807, 2.05) is 0 Å². The van der Waals surface area contributed by atoms with Crippen molar-refractivity contribution in [3.63, 3.8) is 0 Å². The van der Waals surface area contributed by atoms with E-state index in [1.165, 1.54) is 161 Å². The lowest BCUT2D eigenvalue weighted by atomic mass is 10.0. The van der Waals surface area contributed by atoms with Crippen LogP contribution in [0.3, 0.4) is 0 Å². The molecule has 0 aliphatic carbocycles. The van der Waals surface area contributed by atoms with Crippen molar-refractivity contribution in [3.8, 4) is 0 Å². The number of ether oxygens (including phenoxy) is 3. The van der Waals surface area contributed by atoms with Gasteiger partial charge in [-0.2, -0.15) is 0 Å². The van der Waals surface area contributed by atoms with E-state index in [1.54, 1.807) is 0 Å². The number of hydrogen-bond donors (Lipinski definition) is 0. The standard InChI is InChI=1S/C54H98O6/c1-4-7-10-13-16-19-22-25-27-30-32-35-38-41-44-47-53(56)59-50-51(49-58-52(55)46-43-40-37-34-31-28-24-21-18-15-12-9-6-3)60-54(57)48-45-42-39-36-33-29-26-23-20-17-14-11-8-5-2/h7,10,13,16,19,22,51H,4-6,8-9,11-12,14-15,17-18,20-21,23-50H2,1-3H3/b10-7-,16-13-,22-19-. The predicted molar refractivity (Wildman–Crippen MR) is 256 cm³/mol. The summed E-state index contributed by atoms with van der Waals surface area (Å²) in [6.45, 7) is 6.52. The van der Waals surface area contributed by atoms with Gasteiger partial charge in [-0.1, -0.05) is 250 Å². The van der Waals surface area contributed by atoms with Gasteiger partial charge >= 0.3 is 17.9 Å². The molecule has 6 nitrogen and oxygen atoms in total. The summed E-state index contributed by atoms with van der Waals surface area (Å²) in [7, 11) is 0. The van der Waals surface area contributed by atoms with E-state index in [-0.39, 0.29) is 31.1 Å². The van der Waals surface area contributed by atoms with Crippen molar-refractivity contribution in [1.29, 1.82) is 0 Å². The van der Waals surface area contributed by atoms with Crippen LogP contribution in [0.1, 0.15) is 271 Å².